The highest BCUT2D eigenvalue weighted by molar-refractivity contribution is 5.61. The van der Waals surface area contributed by atoms with Crippen molar-refractivity contribution < 1.29 is 13.7 Å². The number of aromatic nitrogens is 4. The van der Waals surface area contributed by atoms with Crippen molar-refractivity contribution in [3.05, 3.63) is 63.1 Å². The minimum Gasteiger partial charge on any atom is -0.348 e. The Morgan fingerprint density at radius 3 is 2.62 bits per heavy atom. The maximum atomic E-state index is 13.0. The molecule has 29 heavy (non-hydrogen) atoms. The van der Waals surface area contributed by atoms with Crippen LogP contribution in [0.15, 0.2) is 41.6 Å². The van der Waals surface area contributed by atoms with Gasteiger partial charge in [-0.1, -0.05) is 6.07 Å². The van der Waals surface area contributed by atoms with E-state index in [1.807, 2.05) is 4.90 Å². The summed E-state index contributed by atoms with van der Waals surface area (Å²) >= 11 is 0. The molecule has 0 atom stereocenters. The molecule has 0 amide bonds. The van der Waals surface area contributed by atoms with Crippen molar-refractivity contribution in [1.82, 2.24) is 23.8 Å². The fraction of sp³-hybridized carbons (Fsp3) is 0.353. The lowest BCUT2D eigenvalue weighted by Crippen LogP contribution is -2.47. The highest BCUT2D eigenvalue weighted by atomic mass is 19.3. The summed E-state index contributed by atoms with van der Waals surface area (Å²) < 4.78 is 27.9. The second kappa shape index (κ2) is 7.54. The van der Waals surface area contributed by atoms with Crippen molar-refractivity contribution in [2.45, 2.75) is 13.1 Å². The van der Waals surface area contributed by atoms with Crippen molar-refractivity contribution in [2.75, 3.05) is 31.1 Å². The second-order valence-corrected chi connectivity index (χ2v) is 6.57. The Labute approximate surface area is 162 Å². The van der Waals surface area contributed by atoms with E-state index in [4.69, 9.17) is 0 Å². The van der Waals surface area contributed by atoms with Gasteiger partial charge in [-0.15, -0.1) is 0 Å². The maximum Gasteiger partial charge on any atom is 0.376 e. The number of nitrogens with zero attached hydrogens (tertiary/aromatic N) is 7. The number of anilines is 1. The molecule has 0 spiro atoms. The van der Waals surface area contributed by atoms with Gasteiger partial charge in [-0.25, -0.2) is 9.97 Å². The van der Waals surface area contributed by atoms with Gasteiger partial charge < -0.3 is 4.90 Å². The van der Waals surface area contributed by atoms with E-state index in [1.54, 1.807) is 23.1 Å². The highest BCUT2D eigenvalue weighted by Crippen LogP contribution is 2.24. The van der Waals surface area contributed by atoms with Crippen LogP contribution in [-0.2, 0) is 6.54 Å². The van der Waals surface area contributed by atoms with E-state index >= 15 is 0 Å². The Kier molecular flexibility index (Phi) is 4.92. The number of hydrogen-bond donors (Lipinski definition) is 0. The number of nitro groups is 1. The van der Waals surface area contributed by atoms with E-state index in [9.17, 15) is 23.7 Å². The van der Waals surface area contributed by atoms with Gasteiger partial charge in [0.25, 0.3) is 0 Å². The molecule has 4 heterocycles. The van der Waals surface area contributed by atoms with E-state index in [-0.39, 0.29) is 18.2 Å². The van der Waals surface area contributed by atoms with Crippen molar-refractivity contribution in [3.63, 3.8) is 0 Å². The summed E-state index contributed by atoms with van der Waals surface area (Å²) in [5, 5.41) is 11.5. The van der Waals surface area contributed by atoms with Crippen molar-refractivity contribution >= 4 is 17.2 Å². The number of fused-ring (bicyclic) bond motifs is 1. The maximum absolute atomic E-state index is 13.0. The highest BCUT2D eigenvalue weighted by Gasteiger charge is 2.30. The van der Waals surface area contributed by atoms with Gasteiger partial charge >= 0.3 is 17.8 Å². The Morgan fingerprint density at radius 1 is 1.17 bits per heavy atom. The van der Waals surface area contributed by atoms with Crippen molar-refractivity contribution in [2.24, 2.45) is 0 Å². The predicted octanol–water partition coefficient (Wildman–Crippen LogP) is 1.52. The Morgan fingerprint density at radius 2 is 1.93 bits per heavy atom. The quantitative estimate of drug-likeness (QED) is 0.468. The number of piperazine rings is 1. The predicted molar refractivity (Wildman–Crippen MR) is 99.1 cm³/mol. The normalized spacial score (nSPS) is 15.3. The first-order chi connectivity index (χ1) is 14.0. The van der Waals surface area contributed by atoms with Gasteiger partial charge in [-0.3, -0.25) is 28.8 Å². The molecule has 0 radical (unpaired) electrons. The number of rotatable bonds is 5. The number of pyridine rings is 1. The van der Waals surface area contributed by atoms with E-state index in [0.717, 1.165) is 8.97 Å². The van der Waals surface area contributed by atoms with Crippen LogP contribution in [-0.4, -0.2) is 54.9 Å². The first-order valence-corrected chi connectivity index (χ1v) is 8.88. The molecule has 0 aromatic carbocycles. The molecule has 152 valence electrons. The third-order valence-electron chi connectivity index (χ3n) is 4.87. The van der Waals surface area contributed by atoms with Crippen molar-refractivity contribution in [1.29, 1.82) is 0 Å². The monoisotopic (exact) mass is 405 g/mol. The van der Waals surface area contributed by atoms with E-state index < -0.39 is 22.7 Å². The summed E-state index contributed by atoms with van der Waals surface area (Å²) in [7, 11) is 0. The van der Waals surface area contributed by atoms with Gasteiger partial charge in [0.05, 0.1) is 11.5 Å². The summed E-state index contributed by atoms with van der Waals surface area (Å²) in [5.74, 6) is 0.279. The number of halogens is 2. The minimum absolute atomic E-state index is 0.0277. The molecule has 0 saturated carbocycles. The Hall–Kier alpha value is -3.41. The third-order valence-corrected chi connectivity index (χ3v) is 4.87. The zero-order chi connectivity index (χ0) is 20.5. The summed E-state index contributed by atoms with van der Waals surface area (Å²) in [6.45, 7) is -0.767. The molecular formula is C17H17F2N7O3. The Bertz CT molecular complexity index is 1110. The molecule has 0 bridgehead atoms. The molecule has 3 aromatic heterocycles. The van der Waals surface area contributed by atoms with Gasteiger partial charge in [-0.2, -0.15) is 8.78 Å². The zero-order valence-corrected chi connectivity index (χ0v) is 15.2. The first kappa shape index (κ1) is 18.9. The van der Waals surface area contributed by atoms with Crippen LogP contribution >= 0.6 is 0 Å². The standard InChI is InChI=1S/C17H17F2N7O3/c18-17(19)25-6-4-20-13(25)11-22-7-9-23(10-8-22)15-14(26(28)29)16(27)24-5-2-1-3-12(24)21-15/h1-6,17H,7-11H2. The lowest BCUT2D eigenvalue weighted by molar-refractivity contribution is -0.385. The fourth-order valence-electron chi connectivity index (χ4n) is 3.41. The molecular weight excluding hydrogens is 388 g/mol. The van der Waals surface area contributed by atoms with E-state index in [0.29, 0.717) is 31.8 Å². The summed E-state index contributed by atoms with van der Waals surface area (Å²) in [6.07, 6.45) is 3.99. The Balaban J connectivity index is 1.56. The smallest absolute Gasteiger partial charge is 0.348 e. The van der Waals surface area contributed by atoms with Gasteiger partial charge in [-0.05, 0) is 12.1 Å². The molecule has 0 N–H and O–H groups in total. The van der Waals surface area contributed by atoms with Gasteiger partial charge in [0.2, 0.25) is 5.82 Å². The lowest BCUT2D eigenvalue weighted by Gasteiger charge is -2.34. The fourth-order valence-corrected chi connectivity index (χ4v) is 3.41. The lowest BCUT2D eigenvalue weighted by atomic mass is 10.3. The van der Waals surface area contributed by atoms with Gasteiger partial charge in [0.15, 0.2) is 0 Å². The molecule has 12 heteroatoms. The van der Waals surface area contributed by atoms with E-state index in [1.165, 1.54) is 18.6 Å². The summed E-state index contributed by atoms with van der Waals surface area (Å²) in [4.78, 5) is 35.3. The first-order valence-electron chi connectivity index (χ1n) is 8.88. The minimum atomic E-state index is -2.66. The molecule has 10 nitrogen and oxygen atoms in total. The zero-order valence-electron chi connectivity index (χ0n) is 15.2. The van der Waals surface area contributed by atoms with Crippen LogP contribution in [0.2, 0.25) is 0 Å². The average Bonchev–Trinajstić information content (AvgIpc) is 3.16. The second-order valence-electron chi connectivity index (χ2n) is 6.57. The SMILES string of the molecule is O=c1c([N+](=O)[O-])c(N2CCN(Cc3nccn3C(F)F)CC2)nc2ccccn12. The van der Waals surface area contributed by atoms with Crippen LogP contribution in [0, 0.1) is 10.1 Å². The molecule has 1 saturated heterocycles. The summed E-state index contributed by atoms with van der Waals surface area (Å²) in [5.41, 5.74) is -0.994. The van der Waals surface area contributed by atoms with Crippen LogP contribution in [0.1, 0.15) is 12.4 Å². The van der Waals surface area contributed by atoms with Gasteiger partial charge in [0, 0.05) is 44.8 Å². The topological polar surface area (TPSA) is 102 Å². The average molecular weight is 405 g/mol. The number of imidazole rings is 1. The third kappa shape index (κ3) is 3.53. The van der Waals surface area contributed by atoms with Crippen LogP contribution in [0.4, 0.5) is 20.3 Å². The number of alkyl halides is 2. The largest absolute Gasteiger partial charge is 0.376 e. The van der Waals surface area contributed by atoms with Gasteiger partial charge in [0.1, 0.15) is 11.5 Å². The van der Waals surface area contributed by atoms with Crippen LogP contribution in [0.5, 0.6) is 0 Å². The van der Waals surface area contributed by atoms with Crippen molar-refractivity contribution in [3.8, 4) is 0 Å². The molecule has 1 aliphatic heterocycles. The molecule has 3 aromatic rings. The molecule has 0 aliphatic carbocycles. The van der Waals surface area contributed by atoms with Crippen LogP contribution in [0.3, 0.4) is 0 Å². The summed E-state index contributed by atoms with van der Waals surface area (Å²) in [6, 6.07) is 4.90. The molecule has 0 unspecified atom stereocenters. The molecule has 4 rings (SSSR count). The molecule has 1 aliphatic rings. The number of hydrogen-bond acceptors (Lipinski definition) is 7. The van der Waals surface area contributed by atoms with Crippen LogP contribution in [0.25, 0.3) is 5.65 Å². The van der Waals surface area contributed by atoms with Crippen LogP contribution < -0.4 is 10.5 Å². The molecule has 1 fully saturated rings. The van der Waals surface area contributed by atoms with E-state index in [2.05, 4.69) is 9.97 Å².